The molecule has 1 N–H and O–H groups in total. The van der Waals surface area contributed by atoms with Crippen molar-refractivity contribution >= 4 is 5.91 Å². The minimum atomic E-state index is -0.369. The topological polar surface area (TPSA) is 62.7 Å². The summed E-state index contributed by atoms with van der Waals surface area (Å²) in [6.45, 7) is 1.26. The highest BCUT2D eigenvalue weighted by Gasteiger charge is 2.44. The maximum Gasteiger partial charge on any atom is 0.272 e. The number of aliphatic hydroxyl groups is 1. The maximum atomic E-state index is 12.6. The van der Waals surface area contributed by atoms with Crippen LogP contribution in [0.3, 0.4) is 0 Å². The van der Waals surface area contributed by atoms with Crippen molar-refractivity contribution in [2.75, 3.05) is 13.1 Å². The molecule has 2 aliphatic heterocycles. The molecule has 2 aliphatic rings. The molecular weight excluding hydrogens is 328 g/mol. The predicted molar refractivity (Wildman–Crippen MR) is 97.6 cm³/mol. The van der Waals surface area contributed by atoms with Gasteiger partial charge in [-0.1, -0.05) is 36.4 Å². The molecule has 0 unspecified atom stereocenters. The number of pyridine rings is 1. The highest BCUT2D eigenvalue weighted by molar-refractivity contribution is 5.92. The fourth-order valence-electron chi connectivity index (χ4n) is 4.12. The zero-order valence-electron chi connectivity index (χ0n) is 14.8. The van der Waals surface area contributed by atoms with Gasteiger partial charge in [-0.25, -0.2) is 0 Å². The Hall–Kier alpha value is -2.24. The van der Waals surface area contributed by atoms with Crippen LogP contribution in [0.2, 0.25) is 0 Å². The number of aliphatic hydroxyl groups excluding tert-OH is 1. The van der Waals surface area contributed by atoms with Gasteiger partial charge in [0.25, 0.3) is 5.91 Å². The Bertz CT molecular complexity index is 742. The zero-order chi connectivity index (χ0) is 18.0. The molecule has 1 spiro atoms. The molecule has 5 heteroatoms. The molecule has 136 valence electrons. The van der Waals surface area contributed by atoms with Crippen molar-refractivity contribution in [1.82, 2.24) is 9.88 Å². The van der Waals surface area contributed by atoms with Crippen molar-refractivity contribution in [1.29, 1.82) is 0 Å². The molecule has 1 aromatic heterocycles. The second-order valence-electron chi connectivity index (χ2n) is 7.30. The number of carbonyl (C=O) groups excluding carboxylic acids is 1. The van der Waals surface area contributed by atoms with Crippen LogP contribution in [0.1, 0.15) is 47.8 Å². The van der Waals surface area contributed by atoms with Crippen molar-refractivity contribution < 1.29 is 14.6 Å². The first-order valence-corrected chi connectivity index (χ1v) is 9.26. The van der Waals surface area contributed by atoms with Crippen molar-refractivity contribution in [2.45, 2.75) is 43.5 Å². The molecule has 0 radical (unpaired) electrons. The smallest absolute Gasteiger partial charge is 0.272 e. The number of nitrogens with zero attached hydrogens (tertiary/aromatic N) is 2. The van der Waals surface area contributed by atoms with E-state index in [0.717, 1.165) is 18.4 Å². The molecule has 1 aromatic carbocycles. The minimum Gasteiger partial charge on any atom is -0.393 e. The third-order valence-electron chi connectivity index (χ3n) is 5.50. The van der Waals surface area contributed by atoms with Crippen LogP contribution in [-0.2, 0) is 4.74 Å². The first-order valence-electron chi connectivity index (χ1n) is 9.26. The predicted octanol–water partition coefficient (Wildman–Crippen LogP) is 2.97. The number of ether oxygens (including phenoxy) is 1. The minimum absolute atomic E-state index is 0.0311. The highest BCUT2D eigenvalue weighted by atomic mass is 16.5. The standard InChI is InChI=1S/C21H24N2O3/c24-17-14-19(16-6-2-1-3-7-16)26-21(15-17)9-12-23(13-10-21)20(25)18-8-4-5-11-22-18/h1-8,11,17,19,24H,9-10,12-15H2/t17-,19-/m1/s1. The van der Waals surface area contributed by atoms with E-state index in [9.17, 15) is 9.90 Å². The molecule has 0 aliphatic carbocycles. The number of likely N-dealkylation sites (tertiary alicyclic amines) is 1. The molecule has 4 rings (SSSR count). The van der Waals surface area contributed by atoms with Crippen molar-refractivity contribution in [3.05, 3.63) is 66.0 Å². The monoisotopic (exact) mass is 352 g/mol. The molecule has 0 saturated carbocycles. The summed E-state index contributed by atoms with van der Waals surface area (Å²) in [6, 6.07) is 15.5. The Labute approximate surface area is 153 Å². The number of carbonyl (C=O) groups is 1. The molecule has 2 atom stereocenters. The van der Waals surface area contributed by atoms with Crippen LogP contribution in [-0.4, -0.2) is 45.7 Å². The van der Waals surface area contributed by atoms with E-state index < -0.39 is 0 Å². The fourth-order valence-corrected chi connectivity index (χ4v) is 4.12. The van der Waals surface area contributed by atoms with Crippen LogP contribution in [0.25, 0.3) is 0 Å². The Morgan fingerprint density at radius 2 is 1.85 bits per heavy atom. The number of hydrogen-bond donors (Lipinski definition) is 1. The number of aromatic nitrogens is 1. The SMILES string of the molecule is O=C(c1ccccn1)N1CCC2(CC1)C[C@H](O)C[C@H](c1ccccc1)O2. The summed E-state index contributed by atoms with van der Waals surface area (Å²) in [5.41, 5.74) is 1.24. The molecule has 5 nitrogen and oxygen atoms in total. The summed E-state index contributed by atoms with van der Waals surface area (Å²) in [6.07, 6.45) is 3.94. The Balaban J connectivity index is 1.45. The Kier molecular flexibility index (Phi) is 4.74. The van der Waals surface area contributed by atoms with E-state index in [-0.39, 0.29) is 23.7 Å². The van der Waals surface area contributed by atoms with Gasteiger partial charge in [-0.2, -0.15) is 0 Å². The average Bonchev–Trinajstić information content (AvgIpc) is 2.69. The molecule has 1 amide bonds. The number of piperidine rings is 1. The van der Waals surface area contributed by atoms with E-state index in [2.05, 4.69) is 17.1 Å². The lowest BCUT2D eigenvalue weighted by atomic mass is 9.81. The van der Waals surface area contributed by atoms with Crippen LogP contribution in [0.15, 0.2) is 54.7 Å². The number of amides is 1. The van der Waals surface area contributed by atoms with Gasteiger partial charge in [-0.3, -0.25) is 9.78 Å². The first kappa shape index (κ1) is 17.2. The third-order valence-corrected chi connectivity index (χ3v) is 5.50. The van der Waals surface area contributed by atoms with Gasteiger partial charge in [0, 0.05) is 32.1 Å². The molecular formula is C21H24N2O3. The number of benzene rings is 1. The summed E-state index contributed by atoms with van der Waals surface area (Å²) in [4.78, 5) is 18.6. The summed E-state index contributed by atoms with van der Waals surface area (Å²) in [5, 5.41) is 10.4. The molecule has 2 fully saturated rings. The molecule has 2 aromatic rings. The van der Waals surface area contributed by atoms with Crippen LogP contribution in [0.4, 0.5) is 0 Å². The Morgan fingerprint density at radius 3 is 2.54 bits per heavy atom. The van der Waals surface area contributed by atoms with E-state index in [1.54, 1.807) is 12.3 Å². The van der Waals surface area contributed by atoms with Gasteiger partial charge < -0.3 is 14.7 Å². The fraction of sp³-hybridized carbons (Fsp3) is 0.429. The van der Waals surface area contributed by atoms with Crippen LogP contribution in [0.5, 0.6) is 0 Å². The lowest BCUT2D eigenvalue weighted by Gasteiger charge is -2.48. The summed E-state index contributed by atoms with van der Waals surface area (Å²) in [7, 11) is 0. The van der Waals surface area contributed by atoms with Crippen molar-refractivity contribution in [3.8, 4) is 0 Å². The average molecular weight is 352 g/mol. The number of rotatable bonds is 2. The molecule has 3 heterocycles. The van der Waals surface area contributed by atoms with Gasteiger partial charge >= 0.3 is 0 Å². The normalized spacial score (nSPS) is 25.2. The van der Waals surface area contributed by atoms with Crippen LogP contribution >= 0.6 is 0 Å². The molecule has 2 saturated heterocycles. The molecule has 0 bridgehead atoms. The second-order valence-corrected chi connectivity index (χ2v) is 7.30. The largest absolute Gasteiger partial charge is 0.393 e. The van der Waals surface area contributed by atoms with Crippen molar-refractivity contribution in [2.24, 2.45) is 0 Å². The second kappa shape index (κ2) is 7.17. The van der Waals surface area contributed by atoms with Crippen molar-refractivity contribution in [3.63, 3.8) is 0 Å². The van der Waals surface area contributed by atoms with E-state index in [1.165, 1.54) is 0 Å². The maximum absolute atomic E-state index is 12.6. The zero-order valence-corrected chi connectivity index (χ0v) is 14.8. The van der Waals surface area contributed by atoms with Crippen LogP contribution < -0.4 is 0 Å². The van der Waals surface area contributed by atoms with E-state index >= 15 is 0 Å². The lowest BCUT2D eigenvalue weighted by molar-refractivity contribution is -0.181. The van der Waals surface area contributed by atoms with E-state index in [4.69, 9.17) is 4.74 Å². The van der Waals surface area contributed by atoms with Gasteiger partial charge in [-0.15, -0.1) is 0 Å². The third kappa shape index (κ3) is 3.50. The van der Waals surface area contributed by atoms with Gasteiger partial charge in [0.2, 0.25) is 0 Å². The van der Waals surface area contributed by atoms with Crippen LogP contribution in [0, 0.1) is 0 Å². The molecule has 26 heavy (non-hydrogen) atoms. The quantitative estimate of drug-likeness (QED) is 0.903. The Morgan fingerprint density at radius 1 is 1.12 bits per heavy atom. The van der Waals surface area contributed by atoms with Gasteiger partial charge in [0.1, 0.15) is 5.69 Å². The lowest BCUT2D eigenvalue weighted by Crippen LogP contribution is -2.52. The summed E-state index contributed by atoms with van der Waals surface area (Å²) < 4.78 is 6.49. The van der Waals surface area contributed by atoms with Gasteiger partial charge in [0.05, 0.1) is 17.8 Å². The highest BCUT2D eigenvalue weighted by Crippen LogP contribution is 2.43. The summed E-state index contributed by atoms with van der Waals surface area (Å²) in [5.74, 6) is -0.0311. The van der Waals surface area contributed by atoms with E-state index in [1.807, 2.05) is 35.2 Å². The number of hydrogen-bond acceptors (Lipinski definition) is 4. The first-order chi connectivity index (χ1) is 12.7. The summed E-state index contributed by atoms with van der Waals surface area (Å²) >= 11 is 0. The van der Waals surface area contributed by atoms with E-state index in [0.29, 0.717) is 31.6 Å². The van der Waals surface area contributed by atoms with Gasteiger partial charge in [0.15, 0.2) is 0 Å². The van der Waals surface area contributed by atoms with Gasteiger partial charge in [-0.05, 0) is 30.5 Å².